The number of halogens is 1. The molecule has 0 spiro atoms. The van der Waals surface area contributed by atoms with Crippen molar-refractivity contribution in [2.75, 3.05) is 11.9 Å². The predicted molar refractivity (Wildman–Crippen MR) is 73.5 cm³/mol. The summed E-state index contributed by atoms with van der Waals surface area (Å²) in [5, 5.41) is 9.65. The highest BCUT2D eigenvalue weighted by Crippen LogP contribution is 2.29. The van der Waals surface area contributed by atoms with Crippen LogP contribution >= 0.6 is 15.9 Å². The summed E-state index contributed by atoms with van der Waals surface area (Å²) in [7, 11) is 0. The molecule has 0 unspecified atom stereocenters. The lowest BCUT2D eigenvalue weighted by Crippen LogP contribution is -2.28. The fourth-order valence-corrected chi connectivity index (χ4v) is 2.50. The van der Waals surface area contributed by atoms with Crippen molar-refractivity contribution in [1.82, 2.24) is 0 Å². The van der Waals surface area contributed by atoms with Gasteiger partial charge in [-0.2, -0.15) is 5.26 Å². The Morgan fingerprint density at radius 2 is 1.82 bits per heavy atom. The normalized spacial score (nSPS) is 10.9. The summed E-state index contributed by atoms with van der Waals surface area (Å²) in [6, 6.07) is 9.36. The Hall–Kier alpha value is -1.01. The highest BCUT2D eigenvalue weighted by Gasteiger charge is 2.25. The Labute approximate surface area is 112 Å². The number of benzene rings is 1. The SMILES string of the molecule is CCC(CC)(CBr)COc1ccc(C#N)cc1. The summed E-state index contributed by atoms with van der Waals surface area (Å²) >= 11 is 3.57. The zero-order chi connectivity index (χ0) is 12.7. The van der Waals surface area contributed by atoms with Gasteiger partial charge in [0.25, 0.3) is 0 Å². The second kappa shape index (κ2) is 6.66. The number of ether oxygens (including phenoxy) is 1. The van der Waals surface area contributed by atoms with Gasteiger partial charge in [0.2, 0.25) is 0 Å². The Balaban J connectivity index is 2.63. The van der Waals surface area contributed by atoms with E-state index < -0.39 is 0 Å². The minimum Gasteiger partial charge on any atom is -0.493 e. The van der Waals surface area contributed by atoms with Crippen molar-refractivity contribution >= 4 is 15.9 Å². The molecule has 0 aromatic heterocycles. The third-order valence-electron chi connectivity index (χ3n) is 3.31. The van der Waals surface area contributed by atoms with Crippen LogP contribution in [0, 0.1) is 16.7 Å². The van der Waals surface area contributed by atoms with Gasteiger partial charge in [-0.3, -0.25) is 0 Å². The predicted octanol–water partition coefficient (Wildman–Crippen LogP) is 4.14. The molecule has 0 saturated carbocycles. The number of alkyl halides is 1. The van der Waals surface area contributed by atoms with Crippen molar-refractivity contribution in [3.63, 3.8) is 0 Å². The molecular weight excluding hydrogens is 278 g/mol. The van der Waals surface area contributed by atoms with Gasteiger partial charge in [0.05, 0.1) is 18.2 Å². The third-order valence-corrected chi connectivity index (χ3v) is 4.50. The van der Waals surface area contributed by atoms with Crippen LogP contribution in [0.2, 0.25) is 0 Å². The summed E-state index contributed by atoms with van der Waals surface area (Å²) < 4.78 is 5.80. The van der Waals surface area contributed by atoms with Gasteiger partial charge in [0.1, 0.15) is 5.75 Å². The van der Waals surface area contributed by atoms with E-state index in [1.54, 1.807) is 12.1 Å². The Morgan fingerprint density at radius 3 is 2.24 bits per heavy atom. The largest absolute Gasteiger partial charge is 0.493 e. The van der Waals surface area contributed by atoms with Crippen molar-refractivity contribution < 1.29 is 4.74 Å². The number of rotatable bonds is 6. The van der Waals surface area contributed by atoms with E-state index in [9.17, 15) is 0 Å². The van der Waals surface area contributed by atoms with Crippen LogP contribution < -0.4 is 4.74 Å². The summed E-state index contributed by atoms with van der Waals surface area (Å²) in [6.45, 7) is 5.08. The van der Waals surface area contributed by atoms with E-state index in [1.807, 2.05) is 12.1 Å². The zero-order valence-corrected chi connectivity index (χ0v) is 12.0. The van der Waals surface area contributed by atoms with Gasteiger partial charge in [-0.25, -0.2) is 0 Å². The zero-order valence-electron chi connectivity index (χ0n) is 10.4. The molecule has 3 heteroatoms. The van der Waals surface area contributed by atoms with Crippen molar-refractivity contribution in [2.24, 2.45) is 5.41 Å². The van der Waals surface area contributed by atoms with E-state index in [2.05, 4.69) is 35.8 Å². The molecule has 0 N–H and O–H groups in total. The van der Waals surface area contributed by atoms with Crippen LogP contribution in [0.25, 0.3) is 0 Å². The molecule has 1 aromatic carbocycles. The molecule has 0 bridgehead atoms. The lowest BCUT2D eigenvalue weighted by molar-refractivity contribution is 0.158. The first kappa shape index (κ1) is 14.1. The number of nitriles is 1. The van der Waals surface area contributed by atoms with Crippen LogP contribution in [0.5, 0.6) is 5.75 Å². The van der Waals surface area contributed by atoms with Crippen molar-refractivity contribution in [2.45, 2.75) is 26.7 Å². The minimum atomic E-state index is 0.202. The average Bonchev–Trinajstić information content (AvgIpc) is 2.41. The quantitative estimate of drug-likeness (QED) is 0.739. The molecule has 0 aliphatic carbocycles. The second-order valence-electron chi connectivity index (χ2n) is 4.27. The van der Waals surface area contributed by atoms with Crippen LogP contribution in [0.15, 0.2) is 24.3 Å². The molecular formula is C14H18BrNO. The molecule has 0 saturated heterocycles. The Bertz CT molecular complexity index is 368. The van der Waals surface area contributed by atoms with Crippen LogP contribution in [0.4, 0.5) is 0 Å². The van der Waals surface area contributed by atoms with Gasteiger partial charge >= 0.3 is 0 Å². The summed E-state index contributed by atoms with van der Waals surface area (Å²) in [6.07, 6.45) is 2.18. The van der Waals surface area contributed by atoms with Gasteiger partial charge < -0.3 is 4.74 Å². The van der Waals surface area contributed by atoms with E-state index in [1.165, 1.54) is 0 Å². The molecule has 0 fully saturated rings. The number of hydrogen-bond donors (Lipinski definition) is 0. The first-order chi connectivity index (χ1) is 8.19. The molecule has 0 aliphatic heterocycles. The fraction of sp³-hybridized carbons (Fsp3) is 0.500. The maximum atomic E-state index is 8.70. The van der Waals surface area contributed by atoms with Gasteiger partial charge in [0, 0.05) is 10.7 Å². The molecule has 0 amide bonds. The van der Waals surface area contributed by atoms with Crippen LogP contribution in [0.3, 0.4) is 0 Å². The topological polar surface area (TPSA) is 33.0 Å². The molecule has 1 rings (SSSR count). The molecule has 0 atom stereocenters. The number of hydrogen-bond acceptors (Lipinski definition) is 2. The van der Waals surface area contributed by atoms with Crippen LogP contribution in [-0.2, 0) is 0 Å². The Kier molecular flexibility index (Phi) is 5.50. The lowest BCUT2D eigenvalue weighted by atomic mass is 9.86. The maximum Gasteiger partial charge on any atom is 0.119 e. The first-order valence-electron chi connectivity index (χ1n) is 5.88. The first-order valence-corrected chi connectivity index (χ1v) is 7.00. The van der Waals surface area contributed by atoms with Crippen molar-refractivity contribution in [3.8, 4) is 11.8 Å². The summed E-state index contributed by atoms with van der Waals surface area (Å²) in [5.74, 6) is 0.830. The maximum absolute atomic E-state index is 8.70. The average molecular weight is 296 g/mol. The molecule has 17 heavy (non-hydrogen) atoms. The molecule has 0 aliphatic rings. The Morgan fingerprint density at radius 1 is 1.24 bits per heavy atom. The molecule has 0 radical (unpaired) electrons. The molecule has 0 heterocycles. The van der Waals surface area contributed by atoms with E-state index in [-0.39, 0.29) is 5.41 Å². The van der Waals surface area contributed by atoms with Crippen molar-refractivity contribution in [3.05, 3.63) is 29.8 Å². The van der Waals surface area contributed by atoms with Crippen molar-refractivity contribution in [1.29, 1.82) is 5.26 Å². The van der Waals surface area contributed by atoms with Crippen LogP contribution in [-0.4, -0.2) is 11.9 Å². The second-order valence-corrected chi connectivity index (χ2v) is 4.83. The summed E-state index contributed by atoms with van der Waals surface area (Å²) in [5.41, 5.74) is 0.864. The molecule has 2 nitrogen and oxygen atoms in total. The summed E-state index contributed by atoms with van der Waals surface area (Å²) in [4.78, 5) is 0. The minimum absolute atomic E-state index is 0.202. The highest BCUT2D eigenvalue weighted by molar-refractivity contribution is 9.09. The van der Waals surface area contributed by atoms with E-state index in [4.69, 9.17) is 10.00 Å². The van der Waals surface area contributed by atoms with Gasteiger partial charge in [-0.1, -0.05) is 29.8 Å². The smallest absolute Gasteiger partial charge is 0.119 e. The van der Waals surface area contributed by atoms with Gasteiger partial charge in [-0.15, -0.1) is 0 Å². The van der Waals surface area contributed by atoms with E-state index in [0.717, 1.165) is 23.9 Å². The standard InChI is InChI=1S/C14H18BrNO/c1-3-14(4-2,10-15)11-17-13-7-5-12(9-16)6-8-13/h5-8H,3-4,10-11H2,1-2H3. The van der Waals surface area contributed by atoms with Gasteiger partial charge in [0.15, 0.2) is 0 Å². The van der Waals surface area contributed by atoms with Crippen LogP contribution in [0.1, 0.15) is 32.3 Å². The molecule has 1 aromatic rings. The monoisotopic (exact) mass is 295 g/mol. The fourth-order valence-electron chi connectivity index (χ4n) is 1.54. The highest BCUT2D eigenvalue weighted by atomic mass is 79.9. The lowest BCUT2D eigenvalue weighted by Gasteiger charge is -2.29. The number of nitrogens with zero attached hydrogens (tertiary/aromatic N) is 1. The van der Waals surface area contributed by atoms with Gasteiger partial charge in [-0.05, 0) is 37.1 Å². The van der Waals surface area contributed by atoms with E-state index in [0.29, 0.717) is 12.2 Å². The molecule has 92 valence electrons. The third kappa shape index (κ3) is 3.74. The van der Waals surface area contributed by atoms with E-state index >= 15 is 0 Å².